The number of ether oxygens (including phenoxy) is 2. The Morgan fingerprint density at radius 1 is 1.15 bits per heavy atom. The Hall–Kier alpha value is -3.35. The van der Waals surface area contributed by atoms with Gasteiger partial charge in [-0.05, 0) is 30.7 Å². The molecule has 7 nitrogen and oxygen atoms in total. The Balaban J connectivity index is 1.70. The second kappa shape index (κ2) is 8.35. The first kappa shape index (κ1) is 18.4. The lowest BCUT2D eigenvalue weighted by atomic mass is 10.1. The van der Waals surface area contributed by atoms with Crippen molar-refractivity contribution in [1.82, 2.24) is 20.3 Å². The number of aromatic nitrogens is 3. The van der Waals surface area contributed by atoms with Gasteiger partial charge in [0.1, 0.15) is 11.5 Å². The van der Waals surface area contributed by atoms with E-state index in [1.54, 1.807) is 25.1 Å². The number of carbonyl (C=O) groups is 1. The van der Waals surface area contributed by atoms with E-state index in [9.17, 15) is 4.79 Å². The van der Waals surface area contributed by atoms with Crippen molar-refractivity contribution in [2.24, 2.45) is 0 Å². The van der Waals surface area contributed by atoms with Gasteiger partial charge in [-0.1, -0.05) is 35.5 Å². The molecule has 0 fully saturated rings. The summed E-state index contributed by atoms with van der Waals surface area (Å²) in [5.74, 6) is 1.07. The Kier molecular flexibility index (Phi) is 5.71. The monoisotopic (exact) mass is 366 g/mol. The highest BCUT2D eigenvalue weighted by molar-refractivity contribution is 5.92. The van der Waals surface area contributed by atoms with Crippen LogP contribution in [0.15, 0.2) is 54.7 Å². The number of nitrogens with zero attached hydrogens (tertiary/aromatic N) is 3. The van der Waals surface area contributed by atoms with Gasteiger partial charge >= 0.3 is 0 Å². The van der Waals surface area contributed by atoms with Crippen LogP contribution in [0.25, 0.3) is 0 Å². The van der Waals surface area contributed by atoms with Crippen LogP contribution in [-0.2, 0) is 6.54 Å². The summed E-state index contributed by atoms with van der Waals surface area (Å²) in [6.07, 6.45) is 1.64. The first-order valence-electron chi connectivity index (χ1n) is 8.57. The molecular formula is C20H22N4O3. The molecule has 1 aromatic heterocycles. The summed E-state index contributed by atoms with van der Waals surface area (Å²) in [6.45, 7) is 2.43. The molecule has 2 aromatic carbocycles. The van der Waals surface area contributed by atoms with E-state index in [2.05, 4.69) is 15.6 Å². The fourth-order valence-electron chi connectivity index (χ4n) is 2.78. The minimum absolute atomic E-state index is 0.264. The van der Waals surface area contributed by atoms with E-state index in [0.29, 0.717) is 18.0 Å². The summed E-state index contributed by atoms with van der Waals surface area (Å²) >= 11 is 0. The van der Waals surface area contributed by atoms with Crippen LogP contribution < -0.4 is 14.8 Å². The second-order valence-electron chi connectivity index (χ2n) is 6.09. The van der Waals surface area contributed by atoms with Crippen LogP contribution in [0.3, 0.4) is 0 Å². The zero-order valence-corrected chi connectivity index (χ0v) is 15.5. The minimum atomic E-state index is -0.299. The SMILES string of the molecule is COc1ccc(OC)c(C(C)NC(=O)c2cn(Cc3ccccc3)nn2)c1. The van der Waals surface area contributed by atoms with Gasteiger partial charge in [0.25, 0.3) is 5.91 Å². The predicted molar refractivity (Wildman–Crippen MR) is 101 cm³/mol. The van der Waals surface area contributed by atoms with Crippen molar-refractivity contribution in [2.75, 3.05) is 14.2 Å². The summed E-state index contributed by atoms with van der Waals surface area (Å²) in [7, 11) is 3.19. The van der Waals surface area contributed by atoms with Crippen LogP contribution in [0.5, 0.6) is 11.5 Å². The van der Waals surface area contributed by atoms with E-state index < -0.39 is 0 Å². The van der Waals surface area contributed by atoms with Gasteiger partial charge in [0.15, 0.2) is 5.69 Å². The van der Waals surface area contributed by atoms with Crippen molar-refractivity contribution < 1.29 is 14.3 Å². The van der Waals surface area contributed by atoms with Crippen LogP contribution in [0.4, 0.5) is 0 Å². The fraction of sp³-hybridized carbons (Fsp3) is 0.250. The smallest absolute Gasteiger partial charge is 0.273 e. The largest absolute Gasteiger partial charge is 0.497 e. The van der Waals surface area contributed by atoms with Gasteiger partial charge in [0.2, 0.25) is 0 Å². The van der Waals surface area contributed by atoms with Crippen molar-refractivity contribution in [3.8, 4) is 11.5 Å². The van der Waals surface area contributed by atoms with Gasteiger partial charge < -0.3 is 14.8 Å². The van der Waals surface area contributed by atoms with E-state index in [1.807, 2.05) is 55.5 Å². The normalized spacial score (nSPS) is 11.7. The molecule has 0 aliphatic heterocycles. The molecule has 0 radical (unpaired) electrons. The quantitative estimate of drug-likeness (QED) is 0.696. The highest BCUT2D eigenvalue weighted by Gasteiger charge is 2.18. The number of amides is 1. The van der Waals surface area contributed by atoms with Crippen molar-refractivity contribution in [3.05, 3.63) is 71.5 Å². The second-order valence-corrected chi connectivity index (χ2v) is 6.09. The molecule has 3 rings (SSSR count). The van der Waals surface area contributed by atoms with Crippen molar-refractivity contribution >= 4 is 5.91 Å². The van der Waals surface area contributed by atoms with E-state index in [4.69, 9.17) is 9.47 Å². The molecule has 0 aliphatic rings. The topological polar surface area (TPSA) is 78.3 Å². The van der Waals surface area contributed by atoms with Crippen LogP contribution in [0, 0.1) is 0 Å². The average molecular weight is 366 g/mol. The van der Waals surface area contributed by atoms with Crippen molar-refractivity contribution in [3.63, 3.8) is 0 Å². The lowest BCUT2D eigenvalue weighted by molar-refractivity contribution is 0.0934. The van der Waals surface area contributed by atoms with Gasteiger partial charge in [-0.25, -0.2) is 4.68 Å². The third-order valence-electron chi connectivity index (χ3n) is 4.21. The summed E-state index contributed by atoms with van der Waals surface area (Å²) in [6, 6.07) is 15.1. The zero-order valence-electron chi connectivity index (χ0n) is 15.5. The molecule has 0 spiro atoms. The molecular weight excluding hydrogens is 344 g/mol. The van der Waals surface area contributed by atoms with E-state index >= 15 is 0 Å². The first-order valence-corrected chi connectivity index (χ1v) is 8.57. The summed E-state index contributed by atoms with van der Waals surface area (Å²) in [4.78, 5) is 12.5. The van der Waals surface area contributed by atoms with Gasteiger partial charge in [-0.3, -0.25) is 4.79 Å². The average Bonchev–Trinajstić information content (AvgIpc) is 3.16. The van der Waals surface area contributed by atoms with Gasteiger partial charge in [-0.15, -0.1) is 5.10 Å². The molecule has 3 aromatic rings. The van der Waals surface area contributed by atoms with Gasteiger partial charge in [0, 0.05) is 5.56 Å². The third kappa shape index (κ3) is 4.44. The maximum atomic E-state index is 12.5. The van der Waals surface area contributed by atoms with Crippen molar-refractivity contribution in [2.45, 2.75) is 19.5 Å². The number of carbonyl (C=O) groups excluding carboxylic acids is 1. The lowest BCUT2D eigenvalue weighted by Crippen LogP contribution is -2.27. The molecule has 0 aliphatic carbocycles. The molecule has 1 N–H and O–H groups in total. The molecule has 140 valence electrons. The maximum absolute atomic E-state index is 12.5. The number of benzene rings is 2. The lowest BCUT2D eigenvalue weighted by Gasteiger charge is -2.17. The van der Waals surface area contributed by atoms with Crippen LogP contribution in [0.2, 0.25) is 0 Å². The number of hydrogen-bond acceptors (Lipinski definition) is 5. The number of hydrogen-bond donors (Lipinski definition) is 1. The molecule has 0 bridgehead atoms. The molecule has 1 atom stereocenters. The summed E-state index contributed by atoms with van der Waals surface area (Å²) in [5, 5.41) is 10.9. The van der Waals surface area contributed by atoms with Crippen molar-refractivity contribution in [1.29, 1.82) is 0 Å². The fourth-order valence-corrected chi connectivity index (χ4v) is 2.78. The van der Waals surface area contributed by atoms with E-state index in [-0.39, 0.29) is 17.6 Å². The van der Waals surface area contributed by atoms with Gasteiger partial charge in [-0.2, -0.15) is 0 Å². The van der Waals surface area contributed by atoms with Crippen LogP contribution >= 0.6 is 0 Å². The van der Waals surface area contributed by atoms with Crippen LogP contribution in [-0.4, -0.2) is 35.1 Å². The van der Waals surface area contributed by atoms with E-state index in [1.165, 1.54) is 0 Å². The number of nitrogens with one attached hydrogen (secondary N) is 1. The molecule has 0 saturated heterocycles. The molecule has 7 heteroatoms. The molecule has 1 heterocycles. The van der Waals surface area contributed by atoms with Crippen LogP contribution in [0.1, 0.15) is 34.6 Å². The third-order valence-corrected chi connectivity index (χ3v) is 4.21. The molecule has 1 unspecified atom stereocenters. The highest BCUT2D eigenvalue weighted by atomic mass is 16.5. The standard InChI is InChI=1S/C20H22N4O3/c1-14(17-11-16(26-2)9-10-19(17)27-3)21-20(25)18-13-24(23-22-18)12-15-7-5-4-6-8-15/h4-11,13-14H,12H2,1-3H3,(H,21,25). The minimum Gasteiger partial charge on any atom is -0.497 e. The molecule has 1 amide bonds. The number of rotatable bonds is 7. The van der Waals surface area contributed by atoms with Gasteiger partial charge in [0.05, 0.1) is 33.0 Å². The molecule has 0 saturated carbocycles. The number of methoxy groups -OCH3 is 2. The zero-order chi connectivity index (χ0) is 19.2. The summed E-state index contributed by atoms with van der Waals surface area (Å²) in [5.41, 5.74) is 2.17. The van der Waals surface area contributed by atoms with E-state index in [0.717, 1.165) is 11.1 Å². The maximum Gasteiger partial charge on any atom is 0.273 e. The Bertz CT molecular complexity index is 909. The summed E-state index contributed by atoms with van der Waals surface area (Å²) < 4.78 is 12.3. The molecule has 27 heavy (non-hydrogen) atoms. The Morgan fingerprint density at radius 2 is 1.93 bits per heavy atom. The Morgan fingerprint density at radius 3 is 2.63 bits per heavy atom. The highest BCUT2D eigenvalue weighted by Crippen LogP contribution is 2.29. The first-order chi connectivity index (χ1) is 13.1. The predicted octanol–water partition coefficient (Wildman–Crippen LogP) is 2.83. The Labute approximate surface area is 157 Å².